The van der Waals surface area contributed by atoms with Gasteiger partial charge in [-0.2, -0.15) is 9.65 Å². The van der Waals surface area contributed by atoms with Gasteiger partial charge < -0.3 is 10.1 Å². The molecule has 0 aliphatic heterocycles. The topological polar surface area (TPSA) is 151 Å². The summed E-state index contributed by atoms with van der Waals surface area (Å²) in [5, 5.41) is 12.4. The predicted octanol–water partition coefficient (Wildman–Crippen LogP) is 7.42. The van der Waals surface area contributed by atoms with Crippen molar-refractivity contribution in [3.63, 3.8) is 0 Å². The summed E-state index contributed by atoms with van der Waals surface area (Å²) in [7, 11) is -3.26. The Morgan fingerprint density at radius 1 is 0.889 bits per heavy atom. The number of nitrogens with one attached hydrogen (secondary N) is 2. The van der Waals surface area contributed by atoms with Gasteiger partial charge in [0.2, 0.25) is 5.95 Å². The van der Waals surface area contributed by atoms with Crippen LogP contribution < -0.4 is 10.0 Å². The average molecular weight is 770 g/mol. The minimum Gasteiger partial charge on any atom is -0.467 e. The zero-order valence-corrected chi connectivity index (χ0v) is 29.7. The number of nitriles is 1. The molecule has 0 saturated heterocycles. The average Bonchev–Trinajstić information content (AvgIpc) is 3.14. The highest BCUT2D eigenvalue weighted by molar-refractivity contribution is 7.92. The number of rotatable bonds is 11. The quantitative estimate of drug-likeness (QED) is 0.102. The van der Waals surface area contributed by atoms with Gasteiger partial charge in [0.05, 0.1) is 35.7 Å². The number of carbonyl (C=O) groups is 2. The third kappa shape index (κ3) is 8.02. The van der Waals surface area contributed by atoms with Gasteiger partial charge >= 0.3 is 5.97 Å². The van der Waals surface area contributed by atoms with Crippen LogP contribution >= 0.6 is 11.6 Å². The van der Waals surface area contributed by atoms with Gasteiger partial charge in [-0.25, -0.2) is 27.0 Å². The molecule has 2 N–H and O–H groups in total. The molecule has 6 aromatic rings. The number of nitrogens with zero attached hydrogens (tertiary/aromatic N) is 3. The van der Waals surface area contributed by atoms with E-state index in [1.54, 1.807) is 48.7 Å². The summed E-state index contributed by atoms with van der Waals surface area (Å²) in [5.41, 5.74) is 2.51. The van der Waals surface area contributed by atoms with E-state index in [9.17, 15) is 22.4 Å². The maximum absolute atomic E-state index is 15.4. The number of sulfonamides is 1. The molecule has 0 spiro atoms. The van der Waals surface area contributed by atoms with E-state index in [2.05, 4.69) is 26.1 Å². The molecule has 0 bridgehead atoms. The lowest BCUT2D eigenvalue weighted by atomic mass is 9.94. The Morgan fingerprint density at radius 3 is 2.28 bits per heavy atom. The number of esters is 1. The van der Waals surface area contributed by atoms with Gasteiger partial charge in [-0.05, 0) is 64.7 Å². The Bertz CT molecular complexity index is 2560. The molecule has 1 atom stereocenters. The summed E-state index contributed by atoms with van der Waals surface area (Å²) in [6, 6.07) is 22.1. The number of hydrogen-bond acceptors (Lipinski definition) is 8. The number of ether oxygens (including phenoxy) is 1. The maximum Gasteiger partial charge on any atom is 0.328 e. The van der Waals surface area contributed by atoms with Gasteiger partial charge in [0.15, 0.2) is 0 Å². The highest BCUT2D eigenvalue weighted by atomic mass is 35.5. The Labute approximate surface area is 312 Å². The molecule has 4 aromatic carbocycles. The fourth-order valence-corrected chi connectivity index (χ4v) is 7.21. The van der Waals surface area contributed by atoms with Gasteiger partial charge in [0.25, 0.3) is 15.9 Å². The molecule has 15 heteroatoms. The van der Waals surface area contributed by atoms with E-state index in [1.165, 1.54) is 42.6 Å². The summed E-state index contributed by atoms with van der Waals surface area (Å²) < 4.78 is 77.3. The SMILES string of the molecule is COC(=O)[C@H](Cc1ccc(-c2ccc(CC#N)cc2Cl)c2ncccc12)NC(=O)c1c(F)cc(NS(=O)(=O)c2ccc(-c3ccnc(F)c3)cc2)cc1F. The van der Waals surface area contributed by atoms with Gasteiger partial charge in [-0.1, -0.05) is 54.1 Å². The second kappa shape index (κ2) is 15.7. The van der Waals surface area contributed by atoms with Crippen LogP contribution in [0.15, 0.2) is 108 Å². The van der Waals surface area contributed by atoms with Crippen LogP contribution in [0.2, 0.25) is 5.02 Å². The third-order valence-corrected chi connectivity index (χ3v) is 10.1. The molecule has 1 amide bonds. The Balaban J connectivity index is 1.22. The number of aromatic nitrogens is 2. The van der Waals surface area contributed by atoms with Gasteiger partial charge in [-0.3, -0.25) is 14.5 Å². The van der Waals surface area contributed by atoms with Crippen LogP contribution in [0.3, 0.4) is 0 Å². The number of anilines is 1. The van der Waals surface area contributed by atoms with Crippen molar-refractivity contribution >= 4 is 50.1 Å². The first-order valence-electron chi connectivity index (χ1n) is 16.0. The first-order chi connectivity index (χ1) is 25.9. The third-order valence-electron chi connectivity index (χ3n) is 8.43. The fourth-order valence-electron chi connectivity index (χ4n) is 5.86. The van der Waals surface area contributed by atoms with Crippen molar-refractivity contribution in [3.8, 4) is 28.3 Å². The zero-order chi connectivity index (χ0) is 38.6. The molecule has 0 unspecified atom stereocenters. The van der Waals surface area contributed by atoms with Crippen LogP contribution in [0.5, 0.6) is 0 Å². The van der Waals surface area contributed by atoms with Crippen molar-refractivity contribution < 1.29 is 35.9 Å². The molecule has 0 aliphatic rings. The van der Waals surface area contributed by atoms with Crippen molar-refractivity contribution in [1.29, 1.82) is 5.26 Å². The monoisotopic (exact) mass is 769 g/mol. The summed E-state index contributed by atoms with van der Waals surface area (Å²) in [5.74, 6) is -5.71. The smallest absolute Gasteiger partial charge is 0.328 e. The van der Waals surface area contributed by atoms with E-state index in [0.717, 1.165) is 12.7 Å². The second-order valence-corrected chi connectivity index (χ2v) is 14.0. The lowest BCUT2D eigenvalue weighted by Gasteiger charge is -2.19. The lowest BCUT2D eigenvalue weighted by Crippen LogP contribution is -2.43. The minimum absolute atomic E-state index is 0.161. The van der Waals surface area contributed by atoms with Crippen LogP contribution in [0.25, 0.3) is 33.2 Å². The van der Waals surface area contributed by atoms with E-state index in [4.69, 9.17) is 21.6 Å². The molecule has 2 heterocycles. The molecule has 6 rings (SSSR count). The Morgan fingerprint density at radius 2 is 1.61 bits per heavy atom. The predicted molar refractivity (Wildman–Crippen MR) is 195 cm³/mol. The van der Waals surface area contributed by atoms with E-state index < -0.39 is 56.8 Å². The molecule has 0 aliphatic carbocycles. The molecule has 2 aromatic heterocycles. The highest BCUT2D eigenvalue weighted by Crippen LogP contribution is 2.35. The molecular weight excluding hydrogens is 743 g/mol. The summed E-state index contributed by atoms with van der Waals surface area (Å²) in [6.07, 6.45) is 2.86. The number of amides is 1. The Hall–Kier alpha value is -6.30. The van der Waals surface area contributed by atoms with Crippen molar-refractivity contribution in [2.45, 2.75) is 23.8 Å². The molecule has 0 saturated carbocycles. The molecule has 272 valence electrons. The molecular formula is C39H27ClF3N5O5S. The number of pyridine rings is 2. The van der Waals surface area contributed by atoms with E-state index in [-0.39, 0.29) is 17.7 Å². The van der Waals surface area contributed by atoms with Gasteiger partial charge in [0.1, 0.15) is 23.2 Å². The van der Waals surface area contributed by atoms with Crippen LogP contribution in [0.1, 0.15) is 21.5 Å². The lowest BCUT2D eigenvalue weighted by molar-refractivity contribution is -0.142. The zero-order valence-electron chi connectivity index (χ0n) is 28.1. The molecule has 0 fully saturated rings. The maximum atomic E-state index is 15.4. The fraction of sp³-hybridized carbons (Fsp3) is 0.103. The van der Waals surface area contributed by atoms with E-state index in [0.29, 0.717) is 55.9 Å². The van der Waals surface area contributed by atoms with Crippen LogP contribution in [-0.4, -0.2) is 43.4 Å². The number of carbonyl (C=O) groups excluding carboxylic acids is 2. The second-order valence-electron chi connectivity index (χ2n) is 11.9. The Kier molecular flexibility index (Phi) is 10.9. The van der Waals surface area contributed by atoms with Crippen molar-refractivity contribution in [3.05, 3.63) is 143 Å². The van der Waals surface area contributed by atoms with Crippen LogP contribution in [0.4, 0.5) is 18.9 Å². The molecule has 0 radical (unpaired) electrons. The standard InChI is InChI=1S/C39H27ClF3N5O5S/c1-53-39(50)34(18-25-7-11-30(37-28(25)3-2-15-46-37)29-10-4-22(12-14-44)17-31(29)40)47-38(49)36-32(41)20-26(21-33(36)42)48-54(51,52)27-8-5-23(6-9-27)24-13-16-45-35(43)19-24/h2-11,13,15-17,19-21,34,48H,12,18H2,1H3,(H,47,49)/t34-/m0/s1. The first-order valence-corrected chi connectivity index (χ1v) is 17.9. The summed E-state index contributed by atoms with van der Waals surface area (Å²) in [6.45, 7) is 0. The molecule has 54 heavy (non-hydrogen) atoms. The first kappa shape index (κ1) is 37.5. The van der Waals surface area contributed by atoms with E-state index >= 15 is 8.78 Å². The van der Waals surface area contributed by atoms with Gasteiger partial charge in [0, 0.05) is 46.4 Å². The van der Waals surface area contributed by atoms with E-state index in [1.807, 2.05) is 0 Å². The highest BCUT2D eigenvalue weighted by Gasteiger charge is 2.28. The van der Waals surface area contributed by atoms with Gasteiger partial charge in [-0.15, -0.1) is 0 Å². The largest absolute Gasteiger partial charge is 0.467 e. The number of hydrogen-bond donors (Lipinski definition) is 2. The van der Waals surface area contributed by atoms with Crippen molar-refractivity contribution in [2.75, 3.05) is 11.8 Å². The number of benzene rings is 4. The molecule has 10 nitrogen and oxygen atoms in total. The number of fused-ring (bicyclic) bond motifs is 1. The number of methoxy groups -OCH3 is 1. The normalized spacial score (nSPS) is 11.8. The minimum atomic E-state index is -4.36. The summed E-state index contributed by atoms with van der Waals surface area (Å²) >= 11 is 6.57. The van der Waals surface area contributed by atoms with Crippen molar-refractivity contribution in [1.82, 2.24) is 15.3 Å². The van der Waals surface area contributed by atoms with Crippen LogP contribution in [0, 0.1) is 28.9 Å². The van der Waals surface area contributed by atoms with Crippen molar-refractivity contribution in [2.24, 2.45) is 0 Å². The number of halogens is 4. The van der Waals surface area contributed by atoms with Crippen LogP contribution in [-0.2, 0) is 32.4 Å². The summed E-state index contributed by atoms with van der Waals surface area (Å²) in [4.78, 5) is 33.9.